The van der Waals surface area contributed by atoms with Crippen LogP contribution in [0, 0.1) is 12.7 Å². The van der Waals surface area contributed by atoms with Crippen molar-refractivity contribution in [2.24, 2.45) is 0 Å². The number of hydrogen-bond donors (Lipinski definition) is 0. The van der Waals surface area contributed by atoms with Crippen molar-refractivity contribution in [2.75, 3.05) is 36.0 Å². The van der Waals surface area contributed by atoms with Gasteiger partial charge in [0.05, 0.1) is 5.39 Å². The summed E-state index contributed by atoms with van der Waals surface area (Å²) in [4.78, 5) is 14.8. The summed E-state index contributed by atoms with van der Waals surface area (Å²) in [5, 5.41) is 3.89. The van der Waals surface area contributed by atoms with Crippen LogP contribution in [0.3, 0.4) is 0 Å². The molecule has 0 unspecified atom stereocenters. The van der Waals surface area contributed by atoms with Gasteiger partial charge in [0.2, 0.25) is 0 Å². The second-order valence-corrected chi connectivity index (χ2v) is 8.73. The maximum Gasteiger partial charge on any atom is 0.141 e. The van der Waals surface area contributed by atoms with Gasteiger partial charge in [-0.15, -0.1) is 11.3 Å². The molecule has 1 saturated heterocycles. The fourth-order valence-corrected chi connectivity index (χ4v) is 5.10. The van der Waals surface area contributed by atoms with E-state index < -0.39 is 0 Å². The third-order valence-corrected chi connectivity index (χ3v) is 6.72. The standard InChI is InChI=1S/C23H20ClFN4S/c1-15-2-5-17(24)12-20(15)28-8-10-29(11-9-28)22-21-19(13-30-23(21)27-14-26-22)16-3-6-18(25)7-4-16/h2-7,12-14H,8-11H2,1H3. The molecule has 0 N–H and O–H groups in total. The van der Waals surface area contributed by atoms with Crippen LogP contribution in [0.15, 0.2) is 54.2 Å². The minimum atomic E-state index is -0.234. The first-order valence-corrected chi connectivity index (χ1v) is 11.1. The van der Waals surface area contributed by atoms with Crippen molar-refractivity contribution in [3.05, 3.63) is 70.6 Å². The maximum atomic E-state index is 13.4. The smallest absolute Gasteiger partial charge is 0.141 e. The Balaban J connectivity index is 1.45. The molecule has 3 heterocycles. The van der Waals surface area contributed by atoms with Gasteiger partial charge in [-0.3, -0.25) is 0 Å². The minimum absolute atomic E-state index is 0.234. The Bertz CT molecular complexity index is 1200. The van der Waals surface area contributed by atoms with Gasteiger partial charge >= 0.3 is 0 Å². The molecule has 1 aliphatic rings. The quantitative estimate of drug-likeness (QED) is 0.405. The zero-order valence-electron chi connectivity index (χ0n) is 16.5. The molecule has 1 aliphatic heterocycles. The number of nitrogens with zero attached hydrogens (tertiary/aromatic N) is 4. The van der Waals surface area contributed by atoms with Gasteiger partial charge in [0, 0.05) is 47.8 Å². The van der Waals surface area contributed by atoms with Gasteiger partial charge in [-0.1, -0.05) is 29.8 Å². The molecule has 7 heteroatoms. The second kappa shape index (κ2) is 7.85. The van der Waals surface area contributed by atoms with E-state index in [-0.39, 0.29) is 5.82 Å². The molecule has 1 fully saturated rings. The van der Waals surface area contributed by atoms with Crippen LogP contribution in [0.2, 0.25) is 5.02 Å². The van der Waals surface area contributed by atoms with Crippen molar-refractivity contribution in [3.63, 3.8) is 0 Å². The molecule has 2 aromatic carbocycles. The Morgan fingerprint density at radius 3 is 2.47 bits per heavy atom. The number of hydrogen-bond acceptors (Lipinski definition) is 5. The number of halogens is 2. The monoisotopic (exact) mass is 438 g/mol. The van der Waals surface area contributed by atoms with Crippen LogP contribution in [0.25, 0.3) is 21.3 Å². The van der Waals surface area contributed by atoms with E-state index in [1.807, 2.05) is 24.3 Å². The lowest BCUT2D eigenvalue weighted by molar-refractivity contribution is 0.628. The SMILES string of the molecule is Cc1ccc(Cl)cc1N1CCN(c2ncnc3scc(-c4ccc(F)cc4)c23)CC1. The van der Waals surface area contributed by atoms with Crippen LogP contribution in [-0.4, -0.2) is 36.1 Å². The Morgan fingerprint density at radius 2 is 1.70 bits per heavy atom. The molecule has 2 aromatic heterocycles. The van der Waals surface area contributed by atoms with Crippen molar-refractivity contribution in [1.82, 2.24) is 9.97 Å². The van der Waals surface area contributed by atoms with Crippen molar-refractivity contribution in [1.29, 1.82) is 0 Å². The number of thiophene rings is 1. The fourth-order valence-electron chi connectivity index (χ4n) is 4.02. The molecule has 4 aromatic rings. The van der Waals surface area contributed by atoms with E-state index in [1.165, 1.54) is 23.4 Å². The molecule has 0 saturated carbocycles. The van der Waals surface area contributed by atoms with Crippen LogP contribution in [0.5, 0.6) is 0 Å². The summed E-state index contributed by atoms with van der Waals surface area (Å²) in [7, 11) is 0. The first-order valence-electron chi connectivity index (χ1n) is 9.84. The summed E-state index contributed by atoms with van der Waals surface area (Å²) in [6.07, 6.45) is 1.64. The van der Waals surface area contributed by atoms with Crippen LogP contribution in [0.4, 0.5) is 15.9 Å². The van der Waals surface area contributed by atoms with Gasteiger partial charge < -0.3 is 9.80 Å². The average Bonchev–Trinajstić information content (AvgIpc) is 3.20. The molecular formula is C23H20ClFN4S. The molecule has 5 rings (SSSR count). The molecule has 0 atom stereocenters. The lowest BCUT2D eigenvalue weighted by Crippen LogP contribution is -2.47. The highest BCUT2D eigenvalue weighted by molar-refractivity contribution is 7.17. The zero-order chi connectivity index (χ0) is 20.7. The molecular weight excluding hydrogens is 419 g/mol. The van der Waals surface area contributed by atoms with Crippen molar-refractivity contribution in [3.8, 4) is 11.1 Å². The number of rotatable bonds is 3. The molecule has 30 heavy (non-hydrogen) atoms. The topological polar surface area (TPSA) is 32.3 Å². The molecule has 0 spiro atoms. The van der Waals surface area contributed by atoms with Crippen molar-refractivity contribution in [2.45, 2.75) is 6.92 Å². The molecule has 4 nitrogen and oxygen atoms in total. The second-order valence-electron chi connectivity index (χ2n) is 7.44. The Morgan fingerprint density at radius 1 is 0.967 bits per heavy atom. The normalized spacial score (nSPS) is 14.5. The number of anilines is 2. The molecule has 152 valence electrons. The lowest BCUT2D eigenvalue weighted by atomic mass is 10.1. The third-order valence-electron chi connectivity index (χ3n) is 5.60. The highest BCUT2D eigenvalue weighted by atomic mass is 35.5. The molecule has 0 radical (unpaired) electrons. The summed E-state index contributed by atoms with van der Waals surface area (Å²) < 4.78 is 13.4. The largest absolute Gasteiger partial charge is 0.368 e. The summed E-state index contributed by atoms with van der Waals surface area (Å²) in [6, 6.07) is 12.7. The minimum Gasteiger partial charge on any atom is -0.368 e. The third kappa shape index (κ3) is 3.50. The van der Waals surface area contributed by atoms with E-state index in [0.29, 0.717) is 0 Å². The summed E-state index contributed by atoms with van der Waals surface area (Å²) >= 11 is 7.82. The van der Waals surface area contributed by atoms with E-state index >= 15 is 0 Å². The predicted molar refractivity (Wildman–Crippen MR) is 123 cm³/mol. The number of piperazine rings is 1. The number of aromatic nitrogens is 2. The first-order chi connectivity index (χ1) is 14.6. The van der Waals surface area contributed by atoms with Crippen LogP contribution >= 0.6 is 22.9 Å². The lowest BCUT2D eigenvalue weighted by Gasteiger charge is -2.37. The van der Waals surface area contributed by atoms with E-state index in [1.54, 1.807) is 17.7 Å². The molecule has 0 bridgehead atoms. The van der Waals surface area contributed by atoms with Crippen LogP contribution in [0.1, 0.15) is 5.56 Å². The number of aryl methyl sites for hydroxylation is 1. The van der Waals surface area contributed by atoms with Crippen LogP contribution < -0.4 is 9.80 Å². The summed E-state index contributed by atoms with van der Waals surface area (Å²) in [5.41, 5.74) is 4.46. The Kier molecular flexibility index (Phi) is 5.05. The van der Waals surface area contributed by atoms with Crippen LogP contribution in [-0.2, 0) is 0 Å². The Hall–Kier alpha value is -2.70. The van der Waals surface area contributed by atoms with E-state index in [0.717, 1.165) is 58.4 Å². The highest BCUT2D eigenvalue weighted by Gasteiger charge is 2.23. The van der Waals surface area contributed by atoms with E-state index in [4.69, 9.17) is 11.6 Å². The van der Waals surface area contributed by atoms with Gasteiger partial charge in [-0.05, 0) is 42.3 Å². The van der Waals surface area contributed by atoms with Crippen molar-refractivity contribution >= 4 is 44.7 Å². The molecule has 0 aliphatic carbocycles. The zero-order valence-corrected chi connectivity index (χ0v) is 18.1. The highest BCUT2D eigenvalue weighted by Crippen LogP contribution is 2.38. The van der Waals surface area contributed by atoms with Gasteiger partial charge in [0.1, 0.15) is 22.8 Å². The summed E-state index contributed by atoms with van der Waals surface area (Å²) in [6.45, 7) is 5.62. The van der Waals surface area contributed by atoms with Gasteiger partial charge in [0.15, 0.2) is 0 Å². The number of fused-ring (bicyclic) bond motifs is 1. The maximum absolute atomic E-state index is 13.4. The van der Waals surface area contributed by atoms with Gasteiger partial charge in [-0.2, -0.15) is 0 Å². The molecule has 0 amide bonds. The van der Waals surface area contributed by atoms with Gasteiger partial charge in [0.25, 0.3) is 0 Å². The van der Waals surface area contributed by atoms with Gasteiger partial charge in [-0.25, -0.2) is 14.4 Å². The van der Waals surface area contributed by atoms with E-state index in [2.05, 4.69) is 38.1 Å². The first kappa shape index (κ1) is 19.3. The fraction of sp³-hybridized carbons (Fsp3) is 0.217. The van der Waals surface area contributed by atoms with Crippen molar-refractivity contribution < 1.29 is 4.39 Å². The van der Waals surface area contributed by atoms with E-state index in [9.17, 15) is 4.39 Å². The number of benzene rings is 2. The predicted octanol–water partition coefficient (Wildman–Crippen LogP) is 5.79. The summed E-state index contributed by atoms with van der Waals surface area (Å²) in [5.74, 6) is 0.713. The average molecular weight is 439 g/mol. The Labute approximate surface area is 183 Å².